The number of fused-ring (bicyclic) bond motifs is 1. The Labute approximate surface area is 216 Å². The topological polar surface area (TPSA) is 104 Å². The van der Waals surface area contributed by atoms with Gasteiger partial charge in [-0.1, -0.05) is 19.9 Å². The maximum absolute atomic E-state index is 12.4. The van der Waals surface area contributed by atoms with Crippen molar-refractivity contribution in [2.24, 2.45) is 18.9 Å². The zero-order chi connectivity index (χ0) is 26.1. The van der Waals surface area contributed by atoms with Gasteiger partial charge >= 0.3 is 0 Å². The summed E-state index contributed by atoms with van der Waals surface area (Å²) in [6.45, 7) is 9.35. The Balaban J connectivity index is 1.46. The van der Waals surface area contributed by atoms with Crippen LogP contribution in [0.4, 0.5) is 5.82 Å². The van der Waals surface area contributed by atoms with E-state index in [1.54, 1.807) is 21.5 Å². The molecule has 1 amide bonds. The molecule has 0 spiro atoms. The summed E-state index contributed by atoms with van der Waals surface area (Å²) in [5.41, 5.74) is 4.94. The molecule has 4 aromatic rings. The van der Waals surface area contributed by atoms with Gasteiger partial charge in [-0.2, -0.15) is 15.5 Å². The molecule has 3 unspecified atom stereocenters. The largest absolute Gasteiger partial charge is 0.354 e. The van der Waals surface area contributed by atoms with E-state index >= 15 is 0 Å². The molecule has 0 radical (unpaired) electrons. The number of hydrogen-bond acceptors (Lipinski definition) is 6. The number of aryl methyl sites for hydroxylation is 1. The minimum absolute atomic E-state index is 0.00368. The minimum Gasteiger partial charge on any atom is -0.354 e. The van der Waals surface area contributed by atoms with E-state index in [0.717, 1.165) is 46.6 Å². The Kier molecular flexibility index (Phi) is 6.49. The number of anilines is 1. The van der Waals surface area contributed by atoms with Gasteiger partial charge in [-0.15, -0.1) is 6.58 Å². The lowest BCUT2D eigenvalue weighted by Crippen LogP contribution is -2.51. The van der Waals surface area contributed by atoms with Crippen molar-refractivity contribution in [3.8, 4) is 28.3 Å². The minimum atomic E-state index is -0.218. The number of aromatic nitrogens is 5. The van der Waals surface area contributed by atoms with E-state index in [9.17, 15) is 10.1 Å². The predicted octanol–water partition coefficient (Wildman–Crippen LogP) is 3.82. The number of carbonyl (C=O) groups excluding carboxylic acids is 1. The molecule has 0 saturated carbocycles. The molecule has 37 heavy (non-hydrogen) atoms. The smallest absolute Gasteiger partial charge is 0.226 e. The van der Waals surface area contributed by atoms with Gasteiger partial charge in [-0.25, -0.2) is 9.50 Å². The molecule has 0 aliphatic carbocycles. The molecule has 9 heteroatoms. The Morgan fingerprint density at radius 1 is 1.19 bits per heavy atom. The standard InChI is InChI=1S/C28H30N8O/c1-5-19(3)28(37)33-24-8-18(2)14-35(17-24)26-7-6-20(11-30-26)25-9-21(23-13-31-34(4)15-23)16-36-27(25)22(10-29)12-32-36/h5-7,9,11-13,15-16,18-19,24H,1,8,14,17H2,2-4H3,(H,33,37). The number of nitrogens with zero attached hydrogens (tertiary/aromatic N) is 7. The Bertz CT molecular complexity index is 1490. The SMILES string of the molecule is C=CC(C)C(=O)NC1CC(C)CN(c2ccc(-c3cc(-c4cnn(C)c4)cn4ncc(C#N)c34)cn2)C1. The molecule has 188 valence electrons. The summed E-state index contributed by atoms with van der Waals surface area (Å²) in [6, 6.07) is 8.41. The molecular weight excluding hydrogens is 464 g/mol. The lowest BCUT2D eigenvalue weighted by atomic mass is 9.95. The van der Waals surface area contributed by atoms with Gasteiger partial charge in [-0.3, -0.25) is 9.48 Å². The van der Waals surface area contributed by atoms with Gasteiger partial charge < -0.3 is 10.2 Å². The summed E-state index contributed by atoms with van der Waals surface area (Å²) in [5.74, 6) is 1.06. The molecule has 5 heterocycles. The van der Waals surface area contributed by atoms with E-state index in [4.69, 9.17) is 4.98 Å². The number of piperidine rings is 1. The first kappa shape index (κ1) is 24.3. The van der Waals surface area contributed by atoms with Crippen LogP contribution in [0.2, 0.25) is 0 Å². The van der Waals surface area contributed by atoms with Crippen molar-refractivity contribution in [1.82, 2.24) is 29.7 Å². The highest BCUT2D eigenvalue weighted by molar-refractivity contribution is 5.87. The van der Waals surface area contributed by atoms with Gasteiger partial charge in [-0.05, 0) is 30.5 Å². The quantitative estimate of drug-likeness (QED) is 0.409. The maximum Gasteiger partial charge on any atom is 0.226 e. The molecule has 1 aliphatic heterocycles. The van der Waals surface area contributed by atoms with Crippen LogP contribution in [-0.2, 0) is 11.8 Å². The number of pyridine rings is 2. The molecule has 9 nitrogen and oxygen atoms in total. The number of hydrogen-bond donors (Lipinski definition) is 1. The number of rotatable bonds is 6. The molecule has 1 aliphatic rings. The van der Waals surface area contributed by atoms with E-state index in [0.29, 0.717) is 18.0 Å². The Morgan fingerprint density at radius 3 is 2.70 bits per heavy atom. The monoisotopic (exact) mass is 494 g/mol. The molecule has 5 rings (SSSR count). The van der Waals surface area contributed by atoms with Gasteiger partial charge in [0.1, 0.15) is 11.9 Å². The van der Waals surface area contributed by atoms with E-state index in [1.807, 2.05) is 50.9 Å². The van der Waals surface area contributed by atoms with Crippen molar-refractivity contribution in [1.29, 1.82) is 5.26 Å². The van der Waals surface area contributed by atoms with Crippen LogP contribution in [0, 0.1) is 23.2 Å². The van der Waals surface area contributed by atoms with Gasteiger partial charge in [0.2, 0.25) is 5.91 Å². The van der Waals surface area contributed by atoms with E-state index in [1.165, 1.54) is 0 Å². The highest BCUT2D eigenvalue weighted by Gasteiger charge is 2.27. The number of nitrogens with one attached hydrogen (secondary N) is 1. The predicted molar refractivity (Wildman–Crippen MR) is 143 cm³/mol. The Hall–Kier alpha value is -4.45. The molecule has 1 N–H and O–H groups in total. The van der Waals surface area contributed by atoms with Crippen LogP contribution in [0.25, 0.3) is 27.8 Å². The summed E-state index contributed by atoms with van der Waals surface area (Å²) < 4.78 is 3.50. The van der Waals surface area contributed by atoms with E-state index in [-0.39, 0.29) is 17.9 Å². The average Bonchev–Trinajstić information content (AvgIpc) is 3.53. The maximum atomic E-state index is 12.4. The number of carbonyl (C=O) groups is 1. The summed E-state index contributed by atoms with van der Waals surface area (Å²) in [5, 5.41) is 21.6. The highest BCUT2D eigenvalue weighted by atomic mass is 16.1. The number of amides is 1. The lowest BCUT2D eigenvalue weighted by Gasteiger charge is -2.37. The zero-order valence-corrected chi connectivity index (χ0v) is 21.3. The summed E-state index contributed by atoms with van der Waals surface area (Å²) in [6.07, 6.45) is 11.7. The third kappa shape index (κ3) is 4.83. The zero-order valence-electron chi connectivity index (χ0n) is 21.3. The van der Waals surface area contributed by atoms with Gasteiger partial charge in [0.25, 0.3) is 0 Å². The lowest BCUT2D eigenvalue weighted by molar-refractivity contribution is -0.124. The summed E-state index contributed by atoms with van der Waals surface area (Å²) >= 11 is 0. The first-order chi connectivity index (χ1) is 17.9. The molecule has 1 saturated heterocycles. The van der Waals surface area contributed by atoms with Crippen LogP contribution in [0.5, 0.6) is 0 Å². The van der Waals surface area contributed by atoms with Gasteiger partial charge in [0.15, 0.2) is 0 Å². The van der Waals surface area contributed by atoms with Crippen molar-refractivity contribution in [2.75, 3.05) is 18.0 Å². The first-order valence-corrected chi connectivity index (χ1v) is 12.4. The normalized spacial score (nSPS) is 18.4. The van der Waals surface area contributed by atoms with Crippen molar-refractivity contribution >= 4 is 17.2 Å². The molecular formula is C28H30N8O. The van der Waals surface area contributed by atoms with Crippen molar-refractivity contribution < 1.29 is 4.79 Å². The second-order valence-corrected chi connectivity index (χ2v) is 9.89. The van der Waals surface area contributed by atoms with E-state index < -0.39 is 0 Å². The van der Waals surface area contributed by atoms with Crippen LogP contribution in [0.3, 0.4) is 0 Å². The highest BCUT2D eigenvalue weighted by Crippen LogP contribution is 2.32. The third-order valence-corrected chi connectivity index (χ3v) is 6.93. The molecule has 4 aromatic heterocycles. The second-order valence-electron chi connectivity index (χ2n) is 9.89. The molecule has 0 bridgehead atoms. The van der Waals surface area contributed by atoms with Crippen LogP contribution in [-0.4, -0.2) is 49.4 Å². The van der Waals surface area contributed by atoms with E-state index in [2.05, 4.69) is 46.1 Å². The third-order valence-electron chi connectivity index (χ3n) is 6.93. The average molecular weight is 495 g/mol. The number of nitriles is 1. The Morgan fingerprint density at radius 2 is 2.03 bits per heavy atom. The van der Waals surface area contributed by atoms with Crippen LogP contribution < -0.4 is 10.2 Å². The van der Waals surface area contributed by atoms with Crippen LogP contribution >= 0.6 is 0 Å². The summed E-state index contributed by atoms with van der Waals surface area (Å²) in [4.78, 5) is 19.4. The van der Waals surface area contributed by atoms with Crippen LogP contribution in [0.15, 0.2) is 61.8 Å². The fourth-order valence-corrected chi connectivity index (χ4v) is 4.97. The van der Waals surface area contributed by atoms with Crippen LogP contribution in [0.1, 0.15) is 25.8 Å². The van der Waals surface area contributed by atoms with Gasteiger partial charge in [0.05, 0.1) is 29.4 Å². The van der Waals surface area contributed by atoms with Gasteiger partial charge in [0, 0.05) is 67.0 Å². The summed E-state index contributed by atoms with van der Waals surface area (Å²) in [7, 11) is 1.88. The van der Waals surface area contributed by atoms with Crippen molar-refractivity contribution in [3.05, 3.63) is 67.4 Å². The fourth-order valence-electron chi connectivity index (χ4n) is 4.97. The fraction of sp³-hybridized carbons (Fsp3) is 0.321. The second kappa shape index (κ2) is 9.90. The van der Waals surface area contributed by atoms with Crippen molar-refractivity contribution in [3.63, 3.8) is 0 Å². The molecule has 0 aromatic carbocycles. The molecule has 1 fully saturated rings. The van der Waals surface area contributed by atoms with Crippen molar-refractivity contribution in [2.45, 2.75) is 26.3 Å². The first-order valence-electron chi connectivity index (χ1n) is 12.4. The molecule has 3 atom stereocenters.